The molecule has 2 amide bonds. The highest BCUT2D eigenvalue weighted by atomic mass is 19.1. The first-order chi connectivity index (χ1) is 10.4. The third kappa shape index (κ3) is 3.25. The van der Waals surface area contributed by atoms with Gasteiger partial charge in [-0.25, -0.2) is 4.39 Å². The van der Waals surface area contributed by atoms with Crippen LogP contribution in [0.2, 0.25) is 0 Å². The van der Waals surface area contributed by atoms with Crippen molar-refractivity contribution in [2.75, 3.05) is 7.11 Å². The highest BCUT2D eigenvalue weighted by molar-refractivity contribution is 5.99. The van der Waals surface area contributed by atoms with Gasteiger partial charge in [-0.1, -0.05) is 0 Å². The number of amides is 2. The summed E-state index contributed by atoms with van der Waals surface area (Å²) in [6, 6.07) is 5.30. The minimum absolute atomic E-state index is 0.0325. The minimum Gasteiger partial charge on any atom is -0.494 e. The first-order valence-electron chi connectivity index (χ1n) is 6.43. The van der Waals surface area contributed by atoms with Crippen LogP contribution < -0.4 is 15.6 Å². The number of halogens is 1. The molecule has 0 saturated heterocycles. The number of carbonyl (C=O) groups excluding carboxylic acids is 2. The van der Waals surface area contributed by atoms with Crippen LogP contribution >= 0.6 is 0 Å². The number of methoxy groups -OCH3 is 1. The summed E-state index contributed by atoms with van der Waals surface area (Å²) < 4.78 is 23.5. The number of hydrogen-bond acceptors (Lipinski definition) is 4. The van der Waals surface area contributed by atoms with Gasteiger partial charge in [0.2, 0.25) is 0 Å². The molecule has 2 aromatic rings. The van der Waals surface area contributed by atoms with Crippen LogP contribution in [0.3, 0.4) is 0 Å². The van der Waals surface area contributed by atoms with E-state index in [0.29, 0.717) is 17.1 Å². The van der Waals surface area contributed by atoms with Crippen LogP contribution in [-0.2, 0) is 0 Å². The normalized spacial score (nSPS) is 10.2. The molecule has 1 aromatic carbocycles. The molecular formula is C15H15FN2O4. The Morgan fingerprint density at radius 3 is 2.36 bits per heavy atom. The topological polar surface area (TPSA) is 80.6 Å². The molecule has 22 heavy (non-hydrogen) atoms. The Bertz CT molecular complexity index is 724. The summed E-state index contributed by atoms with van der Waals surface area (Å²) in [5.41, 5.74) is 4.83. The van der Waals surface area contributed by atoms with E-state index in [1.807, 2.05) is 0 Å². The first kappa shape index (κ1) is 15.6. The standard InChI is InChI=1S/C15H15FN2O4/c1-8-6-11(9(2)22-8)15(20)18-17-14(19)10-4-5-13(21-3)12(16)7-10/h4-7H,1-3H3,(H,17,19)(H,18,20). The summed E-state index contributed by atoms with van der Waals surface area (Å²) in [7, 11) is 1.33. The molecule has 1 heterocycles. The molecule has 0 aliphatic heterocycles. The lowest BCUT2D eigenvalue weighted by Gasteiger charge is -2.08. The second-order valence-corrected chi connectivity index (χ2v) is 4.58. The van der Waals surface area contributed by atoms with Crippen LogP contribution in [0.25, 0.3) is 0 Å². The van der Waals surface area contributed by atoms with Gasteiger partial charge in [-0.2, -0.15) is 0 Å². The monoisotopic (exact) mass is 306 g/mol. The lowest BCUT2D eigenvalue weighted by atomic mass is 10.2. The van der Waals surface area contributed by atoms with Crippen molar-refractivity contribution in [2.24, 2.45) is 0 Å². The van der Waals surface area contributed by atoms with Gasteiger partial charge in [-0.15, -0.1) is 0 Å². The van der Waals surface area contributed by atoms with Crippen molar-refractivity contribution in [3.05, 3.63) is 52.7 Å². The van der Waals surface area contributed by atoms with Gasteiger partial charge < -0.3 is 9.15 Å². The minimum atomic E-state index is -0.664. The van der Waals surface area contributed by atoms with Crippen LogP contribution in [0.15, 0.2) is 28.7 Å². The molecule has 2 N–H and O–H groups in total. The van der Waals surface area contributed by atoms with E-state index in [2.05, 4.69) is 10.9 Å². The summed E-state index contributed by atoms with van der Waals surface area (Å²) in [6.07, 6.45) is 0. The van der Waals surface area contributed by atoms with Crippen molar-refractivity contribution in [3.8, 4) is 5.75 Å². The maximum absolute atomic E-state index is 13.5. The van der Waals surface area contributed by atoms with E-state index >= 15 is 0 Å². The van der Waals surface area contributed by atoms with Gasteiger partial charge in [0.05, 0.1) is 12.7 Å². The number of carbonyl (C=O) groups is 2. The number of ether oxygens (including phenoxy) is 1. The fourth-order valence-electron chi connectivity index (χ4n) is 1.92. The Hall–Kier alpha value is -2.83. The summed E-state index contributed by atoms with van der Waals surface area (Å²) in [4.78, 5) is 23.8. The van der Waals surface area contributed by atoms with Gasteiger partial charge in [0.15, 0.2) is 11.6 Å². The molecule has 0 saturated carbocycles. The van der Waals surface area contributed by atoms with E-state index in [9.17, 15) is 14.0 Å². The van der Waals surface area contributed by atoms with Crippen LogP contribution in [0.1, 0.15) is 32.2 Å². The van der Waals surface area contributed by atoms with Gasteiger partial charge >= 0.3 is 0 Å². The van der Waals surface area contributed by atoms with Crippen molar-refractivity contribution >= 4 is 11.8 Å². The Kier molecular flexibility index (Phi) is 4.45. The van der Waals surface area contributed by atoms with Crippen molar-refractivity contribution in [2.45, 2.75) is 13.8 Å². The molecule has 0 aliphatic carbocycles. The van der Waals surface area contributed by atoms with Gasteiger partial charge in [-0.3, -0.25) is 20.4 Å². The molecular weight excluding hydrogens is 291 g/mol. The molecule has 7 heteroatoms. The zero-order valence-corrected chi connectivity index (χ0v) is 12.3. The Morgan fingerprint density at radius 2 is 1.82 bits per heavy atom. The second-order valence-electron chi connectivity index (χ2n) is 4.58. The van der Waals surface area contributed by atoms with E-state index in [1.54, 1.807) is 19.9 Å². The average molecular weight is 306 g/mol. The summed E-state index contributed by atoms with van der Waals surface area (Å²) in [5, 5.41) is 0. The third-order valence-corrected chi connectivity index (χ3v) is 2.99. The molecule has 1 aromatic heterocycles. The number of aryl methyl sites for hydroxylation is 2. The third-order valence-electron chi connectivity index (χ3n) is 2.99. The fraction of sp³-hybridized carbons (Fsp3) is 0.200. The van der Waals surface area contributed by atoms with Crippen LogP contribution in [0.4, 0.5) is 4.39 Å². The number of rotatable bonds is 3. The average Bonchev–Trinajstić information content (AvgIpc) is 2.83. The number of hydrazine groups is 1. The first-order valence-corrected chi connectivity index (χ1v) is 6.43. The largest absolute Gasteiger partial charge is 0.494 e. The molecule has 6 nitrogen and oxygen atoms in total. The van der Waals surface area contributed by atoms with Crippen molar-refractivity contribution in [1.82, 2.24) is 10.9 Å². The highest BCUT2D eigenvalue weighted by Crippen LogP contribution is 2.17. The lowest BCUT2D eigenvalue weighted by molar-refractivity contribution is 0.0845. The van der Waals surface area contributed by atoms with Crippen LogP contribution in [-0.4, -0.2) is 18.9 Å². The predicted molar refractivity (Wildman–Crippen MR) is 76.1 cm³/mol. The lowest BCUT2D eigenvalue weighted by Crippen LogP contribution is -2.41. The molecule has 0 atom stereocenters. The molecule has 0 radical (unpaired) electrons. The van der Waals surface area contributed by atoms with Crippen molar-refractivity contribution in [1.29, 1.82) is 0 Å². The second kappa shape index (κ2) is 6.30. The SMILES string of the molecule is COc1ccc(C(=O)NNC(=O)c2cc(C)oc2C)cc1F. The molecule has 0 unspecified atom stereocenters. The van der Waals surface area contributed by atoms with Gasteiger partial charge in [0.1, 0.15) is 11.5 Å². The molecule has 2 rings (SSSR count). The number of hydrogen-bond donors (Lipinski definition) is 2. The number of benzene rings is 1. The van der Waals surface area contributed by atoms with Gasteiger partial charge in [0, 0.05) is 5.56 Å². The van der Waals surface area contributed by atoms with E-state index in [0.717, 1.165) is 6.07 Å². The summed E-state index contributed by atoms with van der Waals surface area (Å²) in [5.74, 6) is -0.761. The van der Waals surface area contributed by atoms with Crippen molar-refractivity contribution in [3.63, 3.8) is 0 Å². The molecule has 0 spiro atoms. The van der Waals surface area contributed by atoms with E-state index < -0.39 is 17.6 Å². The van der Waals surface area contributed by atoms with E-state index in [1.165, 1.54) is 19.2 Å². The Morgan fingerprint density at radius 1 is 1.14 bits per heavy atom. The quantitative estimate of drug-likeness (QED) is 0.851. The molecule has 116 valence electrons. The predicted octanol–water partition coefficient (Wildman–Crippen LogP) is 2.12. The van der Waals surface area contributed by atoms with Crippen LogP contribution in [0, 0.1) is 19.7 Å². The smallest absolute Gasteiger partial charge is 0.273 e. The fourth-order valence-corrected chi connectivity index (χ4v) is 1.92. The van der Waals surface area contributed by atoms with Crippen molar-refractivity contribution < 1.29 is 23.1 Å². The summed E-state index contributed by atoms with van der Waals surface area (Å²) >= 11 is 0. The highest BCUT2D eigenvalue weighted by Gasteiger charge is 2.15. The number of nitrogens with one attached hydrogen (secondary N) is 2. The van der Waals surface area contributed by atoms with E-state index in [-0.39, 0.29) is 11.3 Å². The maximum atomic E-state index is 13.5. The Labute approximate surface area is 126 Å². The van der Waals surface area contributed by atoms with E-state index in [4.69, 9.17) is 9.15 Å². The van der Waals surface area contributed by atoms with Gasteiger partial charge in [0.25, 0.3) is 11.8 Å². The summed E-state index contributed by atoms with van der Waals surface area (Å²) in [6.45, 7) is 3.35. The number of furan rings is 1. The maximum Gasteiger partial charge on any atom is 0.273 e. The molecule has 0 bridgehead atoms. The Balaban J connectivity index is 2.02. The zero-order chi connectivity index (χ0) is 16.3. The zero-order valence-electron chi connectivity index (χ0n) is 12.3. The van der Waals surface area contributed by atoms with Gasteiger partial charge in [-0.05, 0) is 38.1 Å². The molecule has 0 fully saturated rings. The molecule has 0 aliphatic rings. The van der Waals surface area contributed by atoms with Crippen LogP contribution in [0.5, 0.6) is 5.75 Å².